The number of carbonyl (C=O) groups is 1. The summed E-state index contributed by atoms with van der Waals surface area (Å²) in [6, 6.07) is 18.5. The Morgan fingerprint density at radius 3 is 2.41 bits per heavy atom. The first-order valence-electron chi connectivity index (χ1n) is 11.1. The highest BCUT2D eigenvalue weighted by atomic mass is 19.1. The second-order valence-corrected chi connectivity index (χ2v) is 8.39. The van der Waals surface area contributed by atoms with E-state index in [-0.39, 0.29) is 24.0 Å². The first-order valence-corrected chi connectivity index (χ1v) is 11.1. The Balaban J connectivity index is 1.32. The Morgan fingerprint density at radius 2 is 1.74 bits per heavy atom. The SMILES string of the molecule is Cc1cc(OCc2cccc(C(=O)N3CCN(Cc4ccc(F)cc4)CC3)c2)ccc1[N+](=O)[O-]. The summed E-state index contributed by atoms with van der Waals surface area (Å²) in [5, 5.41) is 11.0. The summed E-state index contributed by atoms with van der Waals surface area (Å²) in [6.45, 7) is 5.42. The van der Waals surface area contributed by atoms with Crippen LogP contribution in [0.5, 0.6) is 5.75 Å². The minimum Gasteiger partial charge on any atom is -0.489 e. The smallest absolute Gasteiger partial charge is 0.272 e. The van der Waals surface area contributed by atoms with Crippen molar-refractivity contribution in [2.24, 2.45) is 0 Å². The van der Waals surface area contributed by atoms with Crippen molar-refractivity contribution >= 4 is 11.6 Å². The van der Waals surface area contributed by atoms with Crippen LogP contribution in [0.2, 0.25) is 0 Å². The third-order valence-corrected chi connectivity index (χ3v) is 5.92. The molecule has 1 heterocycles. The van der Waals surface area contributed by atoms with Gasteiger partial charge >= 0.3 is 0 Å². The first kappa shape index (κ1) is 23.4. The van der Waals surface area contributed by atoms with Gasteiger partial charge in [-0.15, -0.1) is 0 Å². The molecule has 1 aliphatic heterocycles. The van der Waals surface area contributed by atoms with Gasteiger partial charge in [-0.25, -0.2) is 4.39 Å². The lowest BCUT2D eigenvalue weighted by Gasteiger charge is -2.34. The summed E-state index contributed by atoms with van der Waals surface area (Å²) in [6.07, 6.45) is 0. The third-order valence-electron chi connectivity index (χ3n) is 5.92. The van der Waals surface area contributed by atoms with E-state index in [1.807, 2.05) is 23.1 Å². The van der Waals surface area contributed by atoms with Gasteiger partial charge in [0.25, 0.3) is 11.6 Å². The molecule has 1 aliphatic rings. The van der Waals surface area contributed by atoms with Gasteiger partial charge in [-0.05, 0) is 54.4 Å². The number of carbonyl (C=O) groups excluding carboxylic acids is 1. The minimum absolute atomic E-state index is 0.0190. The number of aryl methyl sites for hydroxylation is 1. The van der Waals surface area contributed by atoms with Crippen molar-refractivity contribution in [2.45, 2.75) is 20.1 Å². The number of halogens is 1. The lowest BCUT2D eigenvalue weighted by molar-refractivity contribution is -0.385. The number of piperazine rings is 1. The van der Waals surface area contributed by atoms with Gasteiger partial charge in [-0.3, -0.25) is 19.8 Å². The van der Waals surface area contributed by atoms with E-state index in [1.54, 1.807) is 37.3 Å². The van der Waals surface area contributed by atoms with Crippen LogP contribution in [0, 0.1) is 22.9 Å². The van der Waals surface area contributed by atoms with E-state index >= 15 is 0 Å². The fourth-order valence-electron chi connectivity index (χ4n) is 4.02. The van der Waals surface area contributed by atoms with Crippen molar-refractivity contribution in [3.05, 3.63) is 105 Å². The van der Waals surface area contributed by atoms with Gasteiger partial charge in [0, 0.05) is 49.9 Å². The predicted molar refractivity (Wildman–Crippen MR) is 126 cm³/mol. The molecule has 0 saturated carbocycles. The monoisotopic (exact) mass is 463 g/mol. The topological polar surface area (TPSA) is 75.9 Å². The van der Waals surface area contributed by atoms with E-state index < -0.39 is 4.92 Å². The molecule has 0 atom stereocenters. The van der Waals surface area contributed by atoms with Crippen LogP contribution >= 0.6 is 0 Å². The van der Waals surface area contributed by atoms with Gasteiger partial charge in [0.05, 0.1) is 4.92 Å². The maximum absolute atomic E-state index is 13.1. The van der Waals surface area contributed by atoms with E-state index in [0.717, 1.165) is 30.8 Å². The maximum atomic E-state index is 13.1. The average Bonchev–Trinajstić information content (AvgIpc) is 2.84. The number of benzene rings is 3. The molecule has 0 N–H and O–H groups in total. The Morgan fingerprint density at radius 1 is 1.00 bits per heavy atom. The molecule has 0 radical (unpaired) electrons. The molecule has 34 heavy (non-hydrogen) atoms. The lowest BCUT2D eigenvalue weighted by Crippen LogP contribution is -2.48. The van der Waals surface area contributed by atoms with E-state index in [1.165, 1.54) is 18.2 Å². The van der Waals surface area contributed by atoms with Crippen LogP contribution in [0.3, 0.4) is 0 Å². The molecule has 0 aromatic heterocycles. The van der Waals surface area contributed by atoms with Crippen LogP contribution in [-0.4, -0.2) is 46.8 Å². The zero-order chi connectivity index (χ0) is 24.1. The van der Waals surface area contributed by atoms with Crippen LogP contribution < -0.4 is 4.74 Å². The normalized spacial score (nSPS) is 14.1. The van der Waals surface area contributed by atoms with Crippen molar-refractivity contribution in [2.75, 3.05) is 26.2 Å². The zero-order valence-corrected chi connectivity index (χ0v) is 18.9. The summed E-state index contributed by atoms with van der Waals surface area (Å²) in [5.41, 5.74) is 3.09. The highest BCUT2D eigenvalue weighted by Gasteiger charge is 2.22. The Kier molecular flexibility index (Phi) is 7.18. The quantitative estimate of drug-likeness (QED) is 0.379. The Labute approximate surface area is 197 Å². The number of nitro benzene ring substituents is 1. The van der Waals surface area contributed by atoms with Crippen LogP contribution in [-0.2, 0) is 13.2 Å². The summed E-state index contributed by atoms with van der Waals surface area (Å²) in [7, 11) is 0. The number of hydrogen-bond acceptors (Lipinski definition) is 5. The molecule has 0 bridgehead atoms. The Hall–Kier alpha value is -3.78. The van der Waals surface area contributed by atoms with Crippen molar-refractivity contribution in [3.63, 3.8) is 0 Å². The number of ether oxygens (including phenoxy) is 1. The number of hydrogen-bond donors (Lipinski definition) is 0. The largest absolute Gasteiger partial charge is 0.489 e. The van der Waals surface area contributed by atoms with E-state index in [4.69, 9.17) is 4.74 Å². The van der Waals surface area contributed by atoms with Gasteiger partial charge in [0.15, 0.2) is 0 Å². The summed E-state index contributed by atoms with van der Waals surface area (Å²) in [4.78, 5) is 27.7. The highest BCUT2D eigenvalue weighted by Crippen LogP contribution is 2.24. The van der Waals surface area contributed by atoms with E-state index in [2.05, 4.69) is 4.90 Å². The molecule has 4 rings (SSSR count). The average molecular weight is 464 g/mol. The van der Waals surface area contributed by atoms with Gasteiger partial charge in [-0.1, -0.05) is 24.3 Å². The van der Waals surface area contributed by atoms with Crippen LogP contribution in [0.25, 0.3) is 0 Å². The van der Waals surface area contributed by atoms with Crippen molar-refractivity contribution in [3.8, 4) is 5.75 Å². The standard InChI is InChI=1S/C26H26FN3O4/c1-19-15-24(9-10-25(19)30(32)33)34-18-21-3-2-4-22(16-21)26(31)29-13-11-28(12-14-29)17-20-5-7-23(27)8-6-20/h2-10,15-16H,11-14,17-18H2,1H3. The molecule has 7 nitrogen and oxygen atoms in total. The van der Waals surface area contributed by atoms with Crippen molar-refractivity contribution in [1.29, 1.82) is 0 Å². The molecule has 176 valence electrons. The molecule has 1 amide bonds. The number of nitro groups is 1. The summed E-state index contributed by atoms with van der Waals surface area (Å²) >= 11 is 0. The van der Waals surface area contributed by atoms with E-state index in [9.17, 15) is 19.3 Å². The maximum Gasteiger partial charge on any atom is 0.272 e. The third kappa shape index (κ3) is 5.77. The van der Waals surface area contributed by atoms with Crippen LogP contribution in [0.4, 0.5) is 10.1 Å². The fraction of sp³-hybridized carbons (Fsp3) is 0.269. The highest BCUT2D eigenvalue weighted by molar-refractivity contribution is 5.94. The van der Waals surface area contributed by atoms with Gasteiger partial charge in [-0.2, -0.15) is 0 Å². The molecule has 3 aromatic rings. The first-order chi connectivity index (χ1) is 16.4. The number of rotatable bonds is 7. The molecular weight excluding hydrogens is 437 g/mol. The van der Waals surface area contributed by atoms with Gasteiger partial charge in [0.1, 0.15) is 18.2 Å². The number of amides is 1. The number of nitrogens with zero attached hydrogens (tertiary/aromatic N) is 3. The van der Waals surface area contributed by atoms with E-state index in [0.29, 0.717) is 30.0 Å². The van der Waals surface area contributed by atoms with Crippen LogP contribution in [0.15, 0.2) is 66.7 Å². The van der Waals surface area contributed by atoms with Crippen molar-refractivity contribution in [1.82, 2.24) is 9.80 Å². The molecule has 8 heteroatoms. The molecule has 1 saturated heterocycles. The lowest BCUT2D eigenvalue weighted by atomic mass is 10.1. The molecule has 0 unspecified atom stereocenters. The zero-order valence-electron chi connectivity index (χ0n) is 18.9. The molecule has 0 aliphatic carbocycles. The summed E-state index contributed by atoms with van der Waals surface area (Å²) in [5.74, 6) is 0.279. The van der Waals surface area contributed by atoms with Gasteiger partial charge in [0.2, 0.25) is 0 Å². The summed E-state index contributed by atoms with van der Waals surface area (Å²) < 4.78 is 18.9. The second-order valence-electron chi connectivity index (χ2n) is 8.39. The second kappa shape index (κ2) is 10.4. The fourth-order valence-corrected chi connectivity index (χ4v) is 4.02. The van der Waals surface area contributed by atoms with Crippen molar-refractivity contribution < 1.29 is 18.8 Å². The molecular formula is C26H26FN3O4. The van der Waals surface area contributed by atoms with Gasteiger partial charge < -0.3 is 9.64 Å². The van der Waals surface area contributed by atoms with Crippen LogP contribution in [0.1, 0.15) is 27.0 Å². The molecule has 0 spiro atoms. The Bertz CT molecular complexity index is 1170. The molecule has 1 fully saturated rings. The molecule has 3 aromatic carbocycles. The minimum atomic E-state index is -0.420. The predicted octanol–water partition coefficient (Wildman–Crippen LogP) is 4.58.